The standard InChI is InChI=1S/C16H18FN3O5S/c1-23-14-4-3-12(9-13(14)17)26(21,22)20-8-5-11(10-20)25-16-15(24-2)18-6-7-19-16/h3-4,6-7,9,11H,5,8,10H2,1-2H3/t11-/m1/s1. The maximum absolute atomic E-state index is 13.9. The van der Waals surface area contributed by atoms with Crippen LogP contribution in [0.1, 0.15) is 6.42 Å². The van der Waals surface area contributed by atoms with Gasteiger partial charge in [-0.2, -0.15) is 4.31 Å². The lowest BCUT2D eigenvalue weighted by Crippen LogP contribution is -2.31. The molecule has 8 nitrogen and oxygen atoms in total. The first-order chi connectivity index (χ1) is 12.5. The molecule has 1 atom stereocenters. The van der Waals surface area contributed by atoms with Crippen LogP contribution in [0.5, 0.6) is 17.5 Å². The maximum Gasteiger partial charge on any atom is 0.278 e. The summed E-state index contributed by atoms with van der Waals surface area (Å²) in [6.07, 6.45) is 2.99. The highest BCUT2D eigenvalue weighted by Gasteiger charge is 2.34. The zero-order valence-electron chi connectivity index (χ0n) is 14.3. The smallest absolute Gasteiger partial charge is 0.278 e. The number of benzene rings is 1. The van der Waals surface area contributed by atoms with Crippen molar-refractivity contribution in [1.82, 2.24) is 14.3 Å². The fraction of sp³-hybridized carbons (Fsp3) is 0.375. The summed E-state index contributed by atoms with van der Waals surface area (Å²) in [7, 11) is -1.08. The normalized spacial score (nSPS) is 17.9. The van der Waals surface area contributed by atoms with Crippen molar-refractivity contribution in [2.75, 3.05) is 27.3 Å². The van der Waals surface area contributed by atoms with Crippen LogP contribution in [0.4, 0.5) is 4.39 Å². The van der Waals surface area contributed by atoms with Crippen LogP contribution >= 0.6 is 0 Å². The van der Waals surface area contributed by atoms with Gasteiger partial charge in [-0.3, -0.25) is 0 Å². The van der Waals surface area contributed by atoms with Crippen LogP contribution in [0.15, 0.2) is 35.5 Å². The van der Waals surface area contributed by atoms with Crippen molar-refractivity contribution in [3.05, 3.63) is 36.4 Å². The predicted molar refractivity (Wildman–Crippen MR) is 89.3 cm³/mol. The second kappa shape index (κ2) is 7.42. The van der Waals surface area contributed by atoms with Gasteiger partial charge in [0.15, 0.2) is 11.6 Å². The quantitative estimate of drug-likeness (QED) is 0.746. The lowest BCUT2D eigenvalue weighted by Gasteiger charge is -2.17. The van der Waals surface area contributed by atoms with Gasteiger partial charge in [0.25, 0.3) is 11.8 Å². The molecule has 1 aliphatic heterocycles. The van der Waals surface area contributed by atoms with Crippen LogP contribution in [-0.2, 0) is 10.0 Å². The van der Waals surface area contributed by atoms with E-state index < -0.39 is 21.9 Å². The average molecular weight is 383 g/mol. The van der Waals surface area contributed by atoms with Crippen LogP contribution in [0.2, 0.25) is 0 Å². The monoisotopic (exact) mass is 383 g/mol. The molecule has 0 unspecified atom stereocenters. The molecule has 0 radical (unpaired) electrons. The molecule has 26 heavy (non-hydrogen) atoms. The Morgan fingerprint density at radius 1 is 1.15 bits per heavy atom. The Hall–Kier alpha value is -2.46. The Morgan fingerprint density at radius 2 is 1.88 bits per heavy atom. The molecule has 0 N–H and O–H groups in total. The van der Waals surface area contributed by atoms with E-state index >= 15 is 0 Å². The van der Waals surface area contributed by atoms with Gasteiger partial charge in [-0.05, 0) is 24.6 Å². The fourth-order valence-corrected chi connectivity index (χ4v) is 4.16. The molecular formula is C16H18FN3O5S. The second-order valence-corrected chi connectivity index (χ2v) is 7.50. The summed E-state index contributed by atoms with van der Waals surface area (Å²) in [6.45, 7) is 0.374. The van der Waals surface area contributed by atoms with Crippen molar-refractivity contribution < 1.29 is 27.0 Å². The Morgan fingerprint density at radius 3 is 2.54 bits per heavy atom. The van der Waals surface area contributed by atoms with Gasteiger partial charge in [0.2, 0.25) is 10.0 Å². The molecule has 0 amide bonds. The number of methoxy groups -OCH3 is 2. The summed E-state index contributed by atoms with van der Waals surface area (Å²) < 4.78 is 56.1. The lowest BCUT2D eigenvalue weighted by atomic mass is 10.3. The number of ether oxygens (including phenoxy) is 3. The molecule has 0 spiro atoms. The molecule has 2 heterocycles. The molecule has 2 aromatic rings. The van der Waals surface area contributed by atoms with Crippen molar-refractivity contribution in [2.45, 2.75) is 17.4 Å². The molecule has 1 aromatic carbocycles. The summed E-state index contributed by atoms with van der Waals surface area (Å²) in [6, 6.07) is 3.56. The van der Waals surface area contributed by atoms with Crippen molar-refractivity contribution in [3.63, 3.8) is 0 Å². The third kappa shape index (κ3) is 3.56. The van der Waals surface area contributed by atoms with Crippen LogP contribution in [-0.4, -0.2) is 56.1 Å². The van der Waals surface area contributed by atoms with E-state index in [0.29, 0.717) is 6.42 Å². The average Bonchev–Trinajstić information content (AvgIpc) is 3.11. The van der Waals surface area contributed by atoms with Gasteiger partial charge in [-0.15, -0.1) is 0 Å². The van der Waals surface area contributed by atoms with E-state index in [4.69, 9.17) is 14.2 Å². The first kappa shape index (κ1) is 18.3. The van der Waals surface area contributed by atoms with Crippen LogP contribution in [0.25, 0.3) is 0 Å². The number of hydrogen-bond acceptors (Lipinski definition) is 7. The largest absolute Gasteiger partial charge is 0.494 e. The van der Waals surface area contributed by atoms with E-state index in [-0.39, 0.29) is 35.5 Å². The zero-order chi connectivity index (χ0) is 18.7. The molecule has 1 saturated heterocycles. The topological polar surface area (TPSA) is 90.9 Å². The van der Waals surface area contributed by atoms with Crippen molar-refractivity contribution in [3.8, 4) is 17.5 Å². The predicted octanol–water partition coefficient (Wildman–Crippen LogP) is 1.47. The highest BCUT2D eigenvalue weighted by molar-refractivity contribution is 7.89. The zero-order valence-corrected chi connectivity index (χ0v) is 15.1. The van der Waals surface area contributed by atoms with Gasteiger partial charge in [0.1, 0.15) is 6.10 Å². The van der Waals surface area contributed by atoms with Gasteiger partial charge >= 0.3 is 0 Å². The van der Waals surface area contributed by atoms with Gasteiger partial charge in [0, 0.05) is 18.9 Å². The molecule has 1 fully saturated rings. The first-order valence-electron chi connectivity index (χ1n) is 7.81. The van der Waals surface area contributed by atoms with Crippen molar-refractivity contribution >= 4 is 10.0 Å². The van der Waals surface area contributed by atoms with Crippen LogP contribution in [0, 0.1) is 5.82 Å². The van der Waals surface area contributed by atoms with Gasteiger partial charge in [-0.25, -0.2) is 22.8 Å². The summed E-state index contributed by atoms with van der Waals surface area (Å²) in [4.78, 5) is 7.90. The molecular weight excluding hydrogens is 365 g/mol. The lowest BCUT2D eigenvalue weighted by molar-refractivity contribution is 0.194. The molecule has 1 aromatic heterocycles. The Bertz CT molecular complexity index is 893. The summed E-state index contributed by atoms with van der Waals surface area (Å²) in [5.41, 5.74) is 0. The number of aromatic nitrogens is 2. The molecule has 0 aliphatic carbocycles. The SMILES string of the molecule is COc1ccc(S(=O)(=O)N2CC[C@@H](Oc3nccnc3OC)C2)cc1F. The Labute approximate surface area is 150 Å². The highest BCUT2D eigenvalue weighted by atomic mass is 32.2. The van der Waals surface area contributed by atoms with Crippen molar-refractivity contribution in [2.24, 2.45) is 0 Å². The summed E-state index contributed by atoms with van der Waals surface area (Å²) in [5, 5.41) is 0. The number of sulfonamides is 1. The molecule has 0 saturated carbocycles. The minimum atomic E-state index is -3.84. The highest BCUT2D eigenvalue weighted by Crippen LogP contribution is 2.28. The van der Waals surface area contributed by atoms with Gasteiger partial charge in [0.05, 0.1) is 25.7 Å². The fourth-order valence-electron chi connectivity index (χ4n) is 2.66. The third-order valence-electron chi connectivity index (χ3n) is 3.97. The minimum Gasteiger partial charge on any atom is -0.494 e. The summed E-state index contributed by atoms with van der Waals surface area (Å²) >= 11 is 0. The first-order valence-corrected chi connectivity index (χ1v) is 9.25. The van der Waals surface area contributed by atoms with E-state index in [2.05, 4.69) is 9.97 Å². The second-order valence-electron chi connectivity index (χ2n) is 5.56. The van der Waals surface area contributed by atoms with Crippen molar-refractivity contribution in [1.29, 1.82) is 0 Å². The van der Waals surface area contributed by atoms with Crippen LogP contribution < -0.4 is 14.2 Å². The van der Waals surface area contributed by atoms with Gasteiger partial charge < -0.3 is 14.2 Å². The molecule has 10 heteroatoms. The van der Waals surface area contributed by atoms with E-state index in [1.165, 1.54) is 43.1 Å². The maximum atomic E-state index is 13.9. The van der Waals surface area contributed by atoms with E-state index in [1.807, 2.05) is 0 Å². The van der Waals surface area contributed by atoms with E-state index in [1.54, 1.807) is 0 Å². The Kier molecular flexibility index (Phi) is 5.23. The molecule has 1 aliphatic rings. The van der Waals surface area contributed by atoms with Crippen LogP contribution in [0.3, 0.4) is 0 Å². The van der Waals surface area contributed by atoms with Gasteiger partial charge in [-0.1, -0.05) is 0 Å². The number of hydrogen-bond donors (Lipinski definition) is 0. The van der Waals surface area contributed by atoms with E-state index in [0.717, 1.165) is 6.07 Å². The Balaban J connectivity index is 1.74. The minimum absolute atomic E-state index is 0.0127. The number of nitrogens with zero attached hydrogens (tertiary/aromatic N) is 3. The number of halogens is 1. The molecule has 3 rings (SSSR count). The number of rotatable bonds is 6. The molecule has 0 bridgehead atoms. The third-order valence-corrected chi connectivity index (χ3v) is 5.83. The summed E-state index contributed by atoms with van der Waals surface area (Å²) in [5.74, 6) is -0.313. The van der Waals surface area contributed by atoms with E-state index in [9.17, 15) is 12.8 Å². The molecule has 140 valence electrons.